The van der Waals surface area contributed by atoms with Crippen LogP contribution < -0.4 is 10.6 Å². The van der Waals surface area contributed by atoms with E-state index in [-0.39, 0.29) is 23.3 Å². The van der Waals surface area contributed by atoms with Crippen LogP contribution in [0.5, 0.6) is 0 Å². The molecule has 1 aromatic rings. The number of ether oxygens (including phenoxy) is 1. The minimum absolute atomic E-state index is 0.0183. The number of carbonyl (C=O) groups excluding carboxylic acids is 3. The number of unbranched alkanes of at least 4 members (excludes halogenated alkanes) is 1. The first kappa shape index (κ1) is 17.5. The molecule has 1 aliphatic rings. The Morgan fingerprint density at radius 3 is 2.57 bits per heavy atom. The van der Waals surface area contributed by atoms with Gasteiger partial charge >= 0.3 is 5.97 Å². The Balaban J connectivity index is 2.25. The lowest BCUT2D eigenvalue weighted by Crippen LogP contribution is -2.24. The molecule has 0 saturated heterocycles. The highest BCUT2D eigenvalue weighted by Gasteiger charge is 2.32. The van der Waals surface area contributed by atoms with E-state index in [1.807, 2.05) is 6.92 Å². The van der Waals surface area contributed by atoms with Gasteiger partial charge in [-0.25, -0.2) is 4.79 Å². The summed E-state index contributed by atoms with van der Waals surface area (Å²) < 4.78 is 4.79. The molecule has 6 nitrogen and oxygen atoms in total. The summed E-state index contributed by atoms with van der Waals surface area (Å²) in [4.78, 5) is 36.7. The number of hydrogen-bond acceptors (Lipinski definition) is 5. The minimum Gasteiger partial charge on any atom is -0.465 e. The van der Waals surface area contributed by atoms with E-state index >= 15 is 0 Å². The first-order valence-corrected chi connectivity index (χ1v) is 8.62. The fourth-order valence-corrected chi connectivity index (χ4v) is 3.30. The maximum Gasteiger partial charge on any atom is 0.341 e. The molecule has 0 bridgehead atoms. The fourth-order valence-electron chi connectivity index (χ4n) is 2.18. The van der Waals surface area contributed by atoms with E-state index in [1.165, 1.54) is 7.11 Å². The fraction of sp³-hybridized carbons (Fsp3) is 0.562. The zero-order valence-corrected chi connectivity index (χ0v) is 14.5. The van der Waals surface area contributed by atoms with Crippen molar-refractivity contribution in [2.45, 2.75) is 39.5 Å². The summed E-state index contributed by atoms with van der Waals surface area (Å²) >= 11 is 1.12. The van der Waals surface area contributed by atoms with Crippen molar-refractivity contribution in [2.24, 2.45) is 5.92 Å². The van der Waals surface area contributed by atoms with Crippen molar-refractivity contribution in [3.8, 4) is 0 Å². The average molecular weight is 338 g/mol. The largest absolute Gasteiger partial charge is 0.465 e. The normalized spacial score (nSPS) is 13.5. The lowest BCUT2D eigenvalue weighted by molar-refractivity contribution is -0.117. The van der Waals surface area contributed by atoms with Gasteiger partial charge in [0.1, 0.15) is 5.00 Å². The predicted molar refractivity (Wildman–Crippen MR) is 89.0 cm³/mol. The van der Waals surface area contributed by atoms with Gasteiger partial charge in [-0.2, -0.15) is 0 Å². The van der Waals surface area contributed by atoms with Crippen LogP contribution in [0.15, 0.2) is 0 Å². The van der Waals surface area contributed by atoms with Crippen LogP contribution in [0.2, 0.25) is 0 Å². The zero-order valence-electron chi connectivity index (χ0n) is 13.7. The number of esters is 1. The van der Waals surface area contributed by atoms with Crippen molar-refractivity contribution in [3.63, 3.8) is 0 Å². The van der Waals surface area contributed by atoms with E-state index < -0.39 is 5.97 Å². The highest BCUT2D eigenvalue weighted by molar-refractivity contribution is 7.18. The Labute approximate surface area is 139 Å². The van der Waals surface area contributed by atoms with Crippen LogP contribution in [0.1, 0.15) is 58.2 Å². The van der Waals surface area contributed by atoms with Gasteiger partial charge < -0.3 is 15.4 Å². The van der Waals surface area contributed by atoms with E-state index in [0.29, 0.717) is 22.0 Å². The molecule has 1 saturated carbocycles. The first-order chi connectivity index (χ1) is 11.0. The van der Waals surface area contributed by atoms with E-state index in [1.54, 1.807) is 6.92 Å². The van der Waals surface area contributed by atoms with Gasteiger partial charge in [-0.1, -0.05) is 13.3 Å². The number of carbonyl (C=O) groups is 3. The lowest BCUT2D eigenvalue weighted by Gasteiger charge is -2.05. The van der Waals surface area contributed by atoms with Gasteiger partial charge in [0.25, 0.3) is 5.91 Å². The summed E-state index contributed by atoms with van der Waals surface area (Å²) in [5.41, 5.74) is 0.814. The Kier molecular flexibility index (Phi) is 5.76. The van der Waals surface area contributed by atoms with Crippen LogP contribution in [-0.2, 0) is 9.53 Å². The molecule has 1 aliphatic carbocycles. The van der Waals surface area contributed by atoms with Gasteiger partial charge in [0.2, 0.25) is 5.91 Å². The Hall–Kier alpha value is -1.89. The van der Waals surface area contributed by atoms with Crippen LogP contribution in [0.25, 0.3) is 0 Å². The molecule has 7 heteroatoms. The van der Waals surface area contributed by atoms with Gasteiger partial charge in [0.15, 0.2) is 0 Å². The Morgan fingerprint density at radius 2 is 2.00 bits per heavy atom. The molecule has 0 aromatic carbocycles. The van der Waals surface area contributed by atoms with Gasteiger partial charge in [-0.15, -0.1) is 11.3 Å². The molecule has 23 heavy (non-hydrogen) atoms. The smallest absolute Gasteiger partial charge is 0.341 e. The second-order valence-corrected chi connectivity index (χ2v) is 6.65. The minimum atomic E-state index is -0.544. The topological polar surface area (TPSA) is 84.5 Å². The third-order valence-corrected chi connectivity index (χ3v) is 4.95. The van der Waals surface area contributed by atoms with Crippen molar-refractivity contribution < 1.29 is 19.1 Å². The molecule has 2 rings (SSSR count). The summed E-state index contributed by atoms with van der Waals surface area (Å²) in [5, 5.41) is 6.00. The van der Waals surface area contributed by atoms with Gasteiger partial charge in [0.05, 0.1) is 17.6 Å². The molecule has 0 atom stereocenters. The van der Waals surface area contributed by atoms with E-state index in [0.717, 1.165) is 37.0 Å². The number of hydrogen-bond donors (Lipinski definition) is 2. The highest BCUT2D eigenvalue weighted by Crippen LogP contribution is 2.36. The number of anilines is 1. The second kappa shape index (κ2) is 7.59. The maximum absolute atomic E-state index is 12.3. The maximum atomic E-state index is 12.3. The molecule has 0 radical (unpaired) electrons. The van der Waals surface area contributed by atoms with Gasteiger partial charge in [-0.05, 0) is 31.7 Å². The number of nitrogens with one attached hydrogen (secondary N) is 2. The average Bonchev–Trinajstić information content (AvgIpc) is 3.32. The number of methoxy groups -OCH3 is 1. The first-order valence-electron chi connectivity index (χ1n) is 7.80. The molecular formula is C16H22N2O4S. The molecular weight excluding hydrogens is 316 g/mol. The molecule has 0 spiro atoms. The summed E-state index contributed by atoms with van der Waals surface area (Å²) in [5.74, 6) is -0.852. The van der Waals surface area contributed by atoms with Crippen molar-refractivity contribution >= 4 is 34.1 Å². The van der Waals surface area contributed by atoms with Crippen molar-refractivity contribution in [3.05, 3.63) is 16.0 Å². The SMILES string of the molecule is CCCCNC(=O)c1sc(NC(=O)C2CC2)c(C(=O)OC)c1C. The third kappa shape index (κ3) is 4.10. The number of rotatable bonds is 7. The van der Waals surface area contributed by atoms with Crippen LogP contribution in [0, 0.1) is 12.8 Å². The summed E-state index contributed by atoms with van der Waals surface area (Å²) in [6.07, 6.45) is 3.62. The molecule has 1 heterocycles. The van der Waals surface area contributed by atoms with Crippen LogP contribution in [0.3, 0.4) is 0 Å². The molecule has 0 unspecified atom stereocenters. The Morgan fingerprint density at radius 1 is 1.30 bits per heavy atom. The molecule has 1 aromatic heterocycles. The van der Waals surface area contributed by atoms with Crippen LogP contribution >= 0.6 is 11.3 Å². The van der Waals surface area contributed by atoms with Gasteiger partial charge in [-0.3, -0.25) is 9.59 Å². The third-order valence-electron chi connectivity index (χ3n) is 3.74. The highest BCUT2D eigenvalue weighted by atomic mass is 32.1. The van der Waals surface area contributed by atoms with Crippen molar-refractivity contribution in [2.75, 3.05) is 19.0 Å². The molecule has 0 aliphatic heterocycles. The van der Waals surface area contributed by atoms with E-state index in [4.69, 9.17) is 4.74 Å². The van der Waals surface area contributed by atoms with Crippen LogP contribution in [0.4, 0.5) is 5.00 Å². The molecule has 126 valence electrons. The standard InChI is InChI=1S/C16H22N2O4S/c1-4-5-8-17-14(20)12-9(2)11(16(21)22-3)15(23-12)18-13(19)10-6-7-10/h10H,4-8H2,1-3H3,(H,17,20)(H,18,19). The number of thiophene rings is 1. The molecule has 2 amide bonds. The molecule has 1 fully saturated rings. The van der Waals surface area contributed by atoms with Gasteiger partial charge in [0, 0.05) is 12.5 Å². The zero-order chi connectivity index (χ0) is 17.0. The summed E-state index contributed by atoms with van der Waals surface area (Å²) in [6.45, 7) is 4.33. The van der Waals surface area contributed by atoms with Crippen molar-refractivity contribution in [1.29, 1.82) is 0 Å². The van der Waals surface area contributed by atoms with Crippen LogP contribution in [-0.4, -0.2) is 31.4 Å². The van der Waals surface area contributed by atoms with E-state index in [9.17, 15) is 14.4 Å². The quantitative estimate of drug-likeness (QED) is 0.591. The lowest BCUT2D eigenvalue weighted by atomic mass is 10.1. The summed E-state index contributed by atoms with van der Waals surface area (Å²) in [6, 6.07) is 0. The predicted octanol–water partition coefficient (Wildman–Crippen LogP) is 2.72. The van der Waals surface area contributed by atoms with Crippen molar-refractivity contribution in [1.82, 2.24) is 5.32 Å². The monoisotopic (exact) mass is 338 g/mol. The second-order valence-electron chi connectivity index (χ2n) is 5.62. The number of amides is 2. The van der Waals surface area contributed by atoms with E-state index in [2.05, 4.69) is 10.6 Å². The Bertz CT molecular complexity index is 620. The summed E-state index contributed by atoms with van der Waals surface area (Å²) in [7, 11) is 1.28. The molecule has 2 N–H and O–H groups in total.